The lowest BCUT2D eigenvalue weighted by molar-refractivity contribution is 0.209. The van der Waals surface area contributed by atoms with Crippen molar-refractivity contribution >= 4 is 6.03 Å². The van der Waals surface area contributed by atoms with Gasteiger partial charge in [-0.25, -0.2) is 10.6 Å². The topological polar surface area (TPSA) is 58.4 Å². The van der Waals surface area contributed by atoms with Gasteiger partial charge in [-0.2, -0.15) is 0 Å². The molecule has 1 rings (SSSR count). The van der Waals surface area contributed by atoms with Gasteiger partial charge in [0.15, 0.2) is 0 Å². The van der Waals surface area contributed by atoms with E-state index in [9.17, 15) is 4.79 Å². The molecule has 0 unspecified atom stereocenters. The summed E-state index contributed by atoms with van der Waals surface area (Å²) < 4.78 is 0. The van der Waals surface area contributed by atoms with E-state index >= 15 is 0 Å². The molecule has 0 heterocycles. The van der Waals surface area contributed by atoms with Crippen LogP contribution in [0.1, 0.15) is 31.9 Å². The number of likely N-dealkylation sites (N-methyl/N-ethyl adjacent to an activating group) is 1. The number of hydrazine groups is 1. The Balaban J connectivity index is 2.57. The van der Waals surface area contributed by atoms with Crippen LogP contribution in [0.15, 0.2) is 24.3 Å². The van der Waals surface area contributed by atoms with Gasteiger partial charge in [0.2, 0.25) is 0 Å². The van der Waals surface area contributed by atoms with Gasteiger partial charge in [0.05, 0.1) is 0 Å². The Kier molecular flexibility index (Phi) is 4.73. The van der Waals surface area contributed by atoms with Gasteiger partial charge in [-0.05, 0) is 23.0 Å². The third-order valence-corrected chi connectivity index (χ3v) is 3.03. The lowest BCUT2D eigenvalue weighted by Crippen LogP contribution is -2.41. The summed E-state index contributed by atoms with van der Waals surface area (Å²) in [6.07, 6.45) is 0.828. The summed E-state index contributed by atoms with van der Waals surface area (Å²) in [5.41, 5.74) is 4.83. The number of nitrogens with zero attached hydrogens (tertiary/aromatic N) is 1. The molecule has 2 amide bonds. The average Bonchev–Trinajstić information content (AvgIpc) is 2.34. The number of benzene rings is 1. The number of rotatable bonds is 3. The molecule has 0 aliphatic carbocycles. The van der Waals surface area contributed by atoms with Crippen LogP contribution in [0.4, 0.5) is 4.79 Å². The first kappa shape index (κ1) is 14.5. The highest BCUT2D eigenvalue weighted by molar-refractivity contribution is 5.73. The van der Waals surface area contributed by atoms with Crippen LogP contribution in [-0.2, 0) is 11.8 Å². The van der Waals surface area contributed by atoms with Crippen molar-refractivity contribution in [2.45, 2.75) is 32.6 Å². The summed E-state index contributed by atoms with van der Waals surface area (Å²) in [4.78, 5) is 12.8. The number of nitrogens with one attached hydrogen (secondary N) is 1. The number of hydrogen-bond acceptors (Lipinski definition) is 2. The largest absolute Gasteiger partial charge is 0.331 e. The van der Waals surface area contributed by atoms with E-state index in [2.05, 4.69) is 50.5 Å². The van der Waals surface area contributed by atoms with Gasteiger partial charge >= 0.3 is 6.03 Å². The first-order valence-electron chi connectivity index (χ1n) is 6.15. The molecule has 0 saturated heterocycles. The van der Waals surface area contributed by atoms with Gasteiger partial charge in [0.1, 0.15) is 0 Å². The van der Waals surface area contributed by atoms with Gasteiger partial charge in [-0.3, -0.25) is 5.43 Å². The quantitative estimate of drug-likeness (QED) is 0.489. The first-order valence-corrected chi connectivity index (χ1v) is 6.15. The van der Waals surface area contributed by atoms with E-state index in [0.29, 0.717) is 6.54 Å². The molecule has 0 saturated carbocycles. The molecule has 0 aliphatic heterocycles. The molecule has 3 N–H and O–H groups in total. The van der Waals surface area contributed by atoms with Crippen LogP contribution in [0.2, 0.25) is 0 Å². The van der Waals surface area contributed by atoms with Crippen molar-refractivity contribution in [1.82, 2.24) is 10.3 Å². The molecule has 100 valence electrons. The zero-order chi connectivity index (χ0) is 13.8. The van der Waals surface area contributed by atoms with Crippen LogP contribution in [0, 0.1) is 0 Å². The predicted octanol–water partition coefficient (Wildman–Crippen LogP) is 2.04. The zero-order valence-electron chi connectivity index (χ0n) is 11.7. The maximum Gasteiger partial charge on any atom is 0.331 e. The Labute approximate surface area is 109 Å². The van der Waals surface area contributed by atoms with Crippen LogP contribution in [0.3, 0.4) is 0 Å². The van der Waals surface area contributed by atoms with Gasteiger partial charge in [-0.1, -0.05) is 45.0 Å². The Morgan fingerprint density at radius 2 is 1.83 bits per heavy atom. The van der Waals surface area contributed by atoms with E-state index in [0.717, 1.165) is 6.42 Å². The van der Waals surface area contributed by atoms with Gasteiger partial charge in [0, 0.05) is 13.6 Å². The highest BCUT2D eigenvalue weighted by Crippen LogP contribution is 2.22. The summed E-state index contributed by atoms with van der Waals surface area (Å²) >= 11 is 0. The zero-order valence-corrected chi connectivity index (χ0v) is 11.7. The van der Waals surface area contributed by atoms with E-state index in [-0.39, 0.29) is 11.4 Å². The van der Waals surface area contributed by atoms with E-state index in [1.54, 1.807) is 11.9 Å². The number of nitrogens with two attached hydrogens (primary N) is 1. The normalized spacial score (nSPS) is 11.2. The monoisotopic (exact) mass is 249 g/mol. The number of carbonyl (C=O) groups excluding carboxylic acids is 1. The fourth-order valence-electron chi connectivity index (χ4n) is 1.68. The third kappa shape index (κ3) is 4.04. The molecule has 1 aromatic rings. The molecule has 4 nitrogen and oxygen atoms in total. The number of carbonyl (C=O) groups is 1. The van der Waals surface area contributed by atoms with Crippen molar-refractivity contribution in [3.05, 3.63) is 35.4 Å². The number of amides is 2. The van der Waals surface area contributed by atoms with E-state index in [1.165, 1.54) is 11.1 Å². The number of urea groups is 1. The van der Waals surface area contributed by atoms with E-state index in [1.807, 2.05) is 0 Å². The number of hydrogen-bond donors (Lipinski definition) is 2. The molecule has 4 heteroatoms. The second-order valence-corrected chi connectivity index (χ2v) is 5.57. The van der Waals surface area contributed by atoms with Crippen molar-refractivity contribution in [3.63, 3.8) is 0 Å². The fourth-order valence-corrected chi connectivity index (χ4v) is 1.68. The van der Waals surface area contributed by atoms with Crippen LogP contribution in [0.5, 0.6) is 0 Å². The van der Waals surface area contributed by atoms with Crippen molar-refractivity contribution < 1.29 is 4.79 Å². The van der Waals surface area contributed by atoms with Crippen LogP contribution in [-0.4, -0.2) is 24.5 Å². The molecular weight excluding hydrogens is 226 g/mol. The van der Waals surface area contributed by atoms with Crippen molar-refractivity contribution in [1.29, 1.82) is 0 Å². The summed E-state index contributed by atoms with van der Waals surface area (Å²) in [6.45, 7) is 7.24. The van der Waals surface area contributed by atoms with Gasteiger partial charge in [0.25, 0.3) is 0 Å². The molecule has 0 aliphatic rings. The molecule has 0 fully saturated rings. The van der Waals surface area contributed by atoms with Crippen LogP contribution >= 0.6 is 0 Å². The second-order valence-electron chi connectivity index (χ2n) is 5.57. The molecule has 0 atom stereocenters. The highest BCUT2D eigenvalue weighted by atomic mass is 16.2. The standard InChI is InChI=1S/C14H23N3O/c1-14(2,3)12-7-5-11(6-8-12)9-10-17(4)13(18)16-15/h5-8H,9-10,15H2,1-4H3,(H,16,18). The molecular formula is C14H23N3O. The molecule has 1 aromatic carbocycles. The summed E-state index contributed by atoms with van der Waals surface area (Å²) in [5, 5.41) is 0. The Hall–Kier alpha value is -1.55. The summed E-state index contributed by atoms with van der Waals surface area (Å²) in [7, 11) is 1.73. The highest BCUT2D eigenvalue weighted by Gasteiger charge is 2.13. The third-order valence-electron chi connectivity index (χ3n) is 3.03. The Bertz CT molecular complexity index is 392. The Morgan fingerprint density at radius 3 is 2.28 bits per heavy atom. The first-order chi connectivity index (χ1) is 8.34. The van der Waals surface area contributed by atoms with E-state index < -0.39 is 0 Å². The molecule has 18 heavy (non-hydrogen) atoms. The lowest BCUT2D eigenvalue weighted by atomic mass is 9.86. The minimum atomic E-state index is -0.263. The van der Waals surface area contributed by atoms with Gasteiger partial charge in [-0.15, -0.1) is 0 Å². The maximum absolute atomic E-state index is 11.2. The van der Waals surface area contributed by atoms with Crippen molar-refractivity contribution in [2.24, 2.45) is 5.84 Å². The summed E-state index contributed by atoms with van der Waals surface area (Å²) in [6, 6.07) is 8.28. The molecule has 0 radical (unpaired) electrons. The van der Waals surface area contributed by atoms with Gasteiger partial charge < -0.3 is 4.90 Å². The Morgan fingerprint density at radius 1 is 1.28 bits per heavy atom. The maximum atomic E-state index is 11.2. The molecule has 0 spiro atoms. The smallest absolute Gasteiger partial charge is 0.326 e. The minimum absolute atomic E-state index is 0.175. The van der Waals surface area contributed by atoms with Crippen molar-refractivity contribution in [3.8, 4) is 0 Å². The second kappa shape index (κ2) is 5.87. The minimum Gasteiger partial charge on any atom is -0.326 e. The van der Waals surface area contributed by atoms with Crippen LogP contribution in [0.25, 0.3) is 0 Å². The summed E-state index contributed by atoms with van der Waals surface area (Å²) in [5.74, 6) is 5.07. The van der Waals surface area contributed by atoms with Crippen LogP contribution < -0.4 is 11.3 Å². The molecule has 0 bridgehead atoms. The van der Waals surface area contributed by atoms with Crippen molar-refractivity contribution in [2.75, 3.05) is 13.6 Å². The molecule has 0 aromatic heterocycles. The van der Waals surface area contributed by atoms with E-state index in [4.69, 9.17) is 5.84 Å². The lowest BCUT2D eigenvalue weighted by Gasteiger charge is -2.20. The average molecular weight is 249 g/mol. The predicted molar refractivity (Wildman–Crippen MR) is 74.2 cm³/mol. The fraction of sp³-hybridized carbons (Fsp3) is 0.500. The SMILES string of the molecule is CN(CCc1ccc(C(C)(C)C)cc1)C(=O)NN.